The number of nitrogens with zero attached hydrogens (tertiary/aromatic N) is 12. The van der Waals surface area contributed by atoms with Gasteiger partial charge >= 0.3 is 0 Å². The average molecular weight is 1560 g/mol. The third-order valence-electron chi connectivity index (χ3n) is 24.1. The highest BCUT2D eigenvalue weighted by molar-refractivity contribution is 6.02. The lowest BCUT2D eigenvalue weighted by molar-refractivity contribution is 0.752. The van der Waals surface area contributed by atoms with Crippen molar-refractivity contribution in [2.24, 2.45) is 0 Å². The monoisotopic (exact) mass is 1560 g/mol. The Morgan fingerprint density at radius 2 is 0.492 bits per heavy atom. The van der Waals surface area contributed by atoms with Crippen LogP contribution in [0.1, 0.15) is 66.8 Å². The van der Waals surface area contributed by atoms with Gasteiger partial charge < -0.3 is 9.80 Å². The summed E-state index contributed by atoms with van der Waals surface area (Å²) in [6, 6.07) is 134. The second kappa shape index (κ2) is 29.7. The topological polar surface area (TPSA) is 140 Å². The van der Waals surface area contributed by atoms with Crippen LogP contribution in [0.3, 0.4) is 0 Å². The first kappa shape index (κ1) is 72.8. The molecular formula is C110H68N12. The van der Waals surface area contributed by atoms with E-state index in [0.717, 1.165) is 89.5 Å². The molecule has 0 radical (unpaired) electrons. The Kier molecular flexibility index (Phi) is 17.7. The molecule has 18 aromatic rings. The predicted octanol–water partition coefficient (Wildman–Crippen LogP) is 26.8. The number of nitriles is 2. The summed E-state index contributed by atoms with van der Waals surface area (Å²) in [5.74, 6) is 2.57. The summed E-state index contributed by atoms with van der Waals surface area (Å²) in [5, 5.41) is 22.1. The maximum absolute atomic E-state index is 11.1. The van der Waals surface area contributed by atoms with Crippen LogP contribution in [0.2, 0.25) is 0 Å². The van der Waals surface area contributed by atoms with E-state index in [4.69, 9.17) is 43.0 Å². The first-order valence-corrected chi connectivity index (χ1v) is 40.4. The Balaban J connectivity index is 0.000000152. The van der Waals surface area contributed by atoms with E-state index in [1.165, 1.54) is 55.6 Å². The number of hydrogen-bond acceptors (Lipinski definition) is 10. The molecule has 0 fully saturated rings. The first-order chi connectivity index (χ1) is 60.1. The molecule has 2 aliphatic carbocycles. The van der Waals surface area contributed by atoms with Gasteiger partial charge in [0, 0.05) is 33.4 Å². The van der Waals surface area contributed by atoms with Gasteiger partial charge in [0.25, 0.3) is 0 Å². The maximum Gasteiger partial charge on any atom is 0.200 e. The van der Waals surface area contributed by atoms with E-state index in [1.54, 1.807) is 12.1 Å². The average Bonchev–Trinajstić information content (AvgIpc) is 1.48. The molecule has 0 amide bonds. The Morgan fingerprint density at radius 1 is 0.238 bits per heavy atom. The van der Waals surface area contributed by atoms with Crippen LogP contribution in [0.5, 0.6) is 0 Å². The highest BCUT2D eigenvalue weighted by Crippen LogP contribution is 2.67. The van der Waals surface area contributed by atoms with Gasteiger partial charge in [-0.2, -0.15) is 10.5 Å². The fraction of sp³-hybridized carbons (Fsp3) is 0.0364. The molecule has 0 unspecified atom stereocenters. The van der Waals surface area contributed by atoms with Crippen molar-refractivity contribution in [2.45, 2.75) is 24.7 Å². The predicted molar refractivity (Wildman–Crippen MR) is 486 cm³/mol. The Labute approximate surface area is 706 Å². The SMILES string of the molecule is [C-]#[N+]c1cc(N2c3ccccc3C3(c4ccc(-c5ccccc5)cc4-c4cc(-c5ccccc5)ccc43)c3ccccc32)c(C#N)cc1-c1nc(-c2ccccc2)nc(-c2ccccc2)n1.[C-]#[N+]c1cc(N2c3ccccc3C3(c4ccc(C)cc4-c4cc(C)ccc43)c3ccccc32)c(C#N)cc1-c1nc(-c2ccccc2)nc(-c2ccccc2)n1. The smallest absolute Gasteiger partial charge is 0.200 e. The lowest BCUT2D eigenvalue weighted by Gasteiger charge is -2.45. The highest BCUT2D eigenvalue weighted by Gasteiger charge is 2.54. The molecule has 0 saturated carbocycles. The van der Waals surface area contributed by atoms with Gasteiger partial charge in [-0.05, 0) is 164 Å². The van der Waals surface area contributed by atoms with Crippen molar-refractivity contribution in [3.05, 3.63) is 466 Å². The fourth-order valence-corrected chi connectivity index (χ4v) is 18.8. The van der Waals surface area contributed by atoms with Crippen molar-refractivity contribution in [1.82, 2.24) is 29.9 Å². The van der Waals surface area contributed by atoms with E-state index in [2.05, 4.69) is 264 Å². The molecule has 12 heteroatoms. The van der Waals surface area contributed by atoms with Gasteiger partial charge in [-0.25, -0.2) is 39.6 Å². The van der Waals surface area contributed by atoms with E-state index in [-0.39, 0.29) is 0 Å². The minimum atomic E-state index is -0.708. The number of rotatable bonds is 10. The summed E-state index contributed by atoms with van der Waals surface area (Å²) in [6.45, 7) is 21.4. The van der Waals surface area contributed by atoms with Crippen LogP contribution in [0, 0.1) is 49.7 Å². The number of aromatic nitrogens is 6. The van der Waals surface area contributed by atoms with Gasteiger partial charge in [0.05, 0.1) is 69.2 Å². The summed E-state index contributed by atoms with van der Waals surface area (Å²) >= 11 is 0. The number of benzene rings is 16. The van der Waals surface area contributed by atoms with Crippen LogP contribution in [-0.2, 0) is 10.8 Å². The number of aryl methyl sites for hydroxylation is 2. The lowest BCUT2D eigenvalue weighted by atomic mass is 9.64. The number of para-hydroxylation sites is 4. The summed E-state index contributed by atoms with van der Waals surface area (Å²) in [5.41, 5.74) is 30.4. The van der Waals surface area contributed by atoms with Crippen molar-refractivity contribution in [2.75, 3.05) is 9.80 Å². The van der Waals surface area contributed by atoms with Crippen LogP contribution < -0.4 is 9.80 Å². The summed E-state index contributed by atoms with van der Waals surface area (Å²) < 4.78 is 0. The van der Waals surface area contributed by atoms with Gasteiger partial charge in [0.15, 0.2) is 46.3 Å². The van der Waals surface area contributed by atoms with Gasteiger partial charge in [0.1, 0.15) is 12.1 Å². The molecule has 0 atom stereocenters. The minimum Gasteiger partial charge on any atom is -0.310 e. The normalized spacial score (nSPS) is 12.7. The second-order valence-corrected chi connectivity index (χ2v) is 30.9. The minimum absolute atomic E-state index is 0.319. The van der Waals surface area contributed by atoms with Gasteiger partial charge in [-0.1, -0.05) is 327 Å². The second-order valence-electron chi connectivity index (χ2n) is 30.9. The standard InChI is InChI=1S/C60H36N6.C50H32N6/c1-62-53-37-56(45(38-61)36-48(53)59-64-57(41-22-10-4-11-23-41)63-58(65-59)42-24-12-5-13-25-42)66-54-28-16-14-26-51(54)60(52-27-15-17-29-55(52)66)49-32-30-43(39-18-6-2-7-19-39)34-46(49)47-35-44(31-33-50(47)60)40-20-8-3-9-21-40;1-31-22-24-39-36(26-31)37-27-32(2)23-25-40(37)50(39)41-18-10-12-20-44(41)56(45-21-13-11-19-42(45)50)46-29-43(52-3)38(28-35(46)30-51)49-54-47(33-14-6-4-7-15-33)53-48(55-49)34-16-8-5-9-17-34/h2-37H;4-29H,1-2H3. The quantitative estimate of drug-likeness (QED) is 0.122. The van der Waals surface area contributed by atoms with Crippen molar-refractivity contribution in [3.8, 4) is 125 Å². The van der Waals surface area contributed by atoms with Crippen LogP contribution in [0.15, 0.2) is 376 Å². The highest BCUT2D eigenvalue weighted by atomic mass is 15.2. The van der Waals surface area contributed by atoms with E-state index < -0.39 is 10.8 Å². The molecule has 0 saturated heterocycles. The molecular weight excluding hydrogens is 1490 g/mol. The molecule has 0 N–H and O–H groups in total. The Hall–Kier alpha value is -16.9. The zero-order valence-electron chi connectivity index (χ0n) is 66.2. The van der Waals surface area contributed by atoms with E-state index in [9.17, 15) is 10.5 Å². The van der Waals surface area contributed by atoms with Crippen LogP contribution in [-0.4, -0.2) is 29.9 Å². The first-order valence-electron chi connectivity index (χ1n) is 40.4. The molecule has 568 valence electrons. The van der Waals surface area contributed by atoms with Gasteiger partial charge in [-0.3, -0.25) is 0 Å². The molecule has 2 aromatic heterocycles. The van der Waals surface area contributed by atoms with E-state index >= 15 is 0 Å². The zero-order chi connectivity index (χ0) is 82.2. The van der Waals surface area contributed by atoms with Crippen LogP contribution in [0.25, 0.3) is 123 Å². The zero-order valence-corrected chi connectivity index (χ0v) is 66.2. The van der Waals surface area contributed by atoms with Gasteiger partial charge in [-0.15, -0.1) is 0 Å². The van der Waals surface area contributed by atoms with Crippen molar-refractivity contribution < 1.29 is 0 Å². The molecule has 16 aromatic carbocycles. The van der Waals surface area contributed by atoms with Crippen LogP contribution >= 0.6 is 0 Å². The van der Waals surface area contributed by atoms with Gasteiger partial charge in [0.2, 0.25) is 0 Å². The van der Waals surface area contributed by atoms with E-state index in [0.29, 0.717) is 79.9 Å². The Bertz CT molecular complexity index is 7120. The molecule has 12 nitrogen and oxygen atoms in total. The van der Waals surface area contributed by atoms with E-state index in [1.807, 2.05) is 146 Å². The largest absolute Gasteiger partial charge is 0.310 e. The van der Waals surface area contributed by atoms with Crippen molar-refractivity contribution in [1.29, 1.82) is 10.5 Å². The molecule has 22 rings (SSSR count). The summed E-state index contributed by atoms with van der Waals surface area (Å²) in [6.07, 6.45) is 0. The number of fused-ring (bicyclic) bond motifs is 18. The molecule has 4 heterocycles. The third-order valence-corrected chi connectivity index (χ3v) is 24.1. The van der Waals surface area contributed by atoms with Crippen molar-refractivity contribution >= 4 is 45.5 Å². The molecule has 122 heavy (non-hydrogen) atoms. The fourth-order valence-electron chi connectivity index (χ4n) is 18.8. The maximum atomic E-state index is 11.1. The molecule has 4 aliphatic rings. The number of anilines is 6. The molecule has 0 bridgehead atoms. The van der Waals surface area contributed by atoms with Crippen molar-refractivity contribution in [3.63, 3.8) is 0 Å². The lowest BCUT2D eigenvalue weighted by Crippen LogP contribution is -2.36. The third kappa shape index (κ3) is 11.7. The number of hydrogen-bond donors (Lipinski definition) is 0. The summed E-state index contributed by atoms with van der Waals surface area (Å²) in [7, 11) is 0. The summed E-state index contributed by atoms with van der Waals surface area (Å²) in [4.78, 5) is 41.9. The Morgan fingerprint density at radius 3 is 0.779 bits per heavy atom. The molecule has 2 spiro atoms. The molecule has 2 aliphatic heterocycles. The van der Waals surface area contributed by atoms with Crippen LogP contribution in [0.4, 0.5) is 45.5 Å².